The van der Waals surface area contributed by atoms with E-state index in [4.69, 9.17) is 15.7 Å². The molecule has 2 N–H and O–H groups in total. The van der Waals surface area contributed by atoms with Gasteiger partial charge in [0.1, 0.15) is 0 Å². The molecule has 1 unspecified atom stereocenters. The van der Waals surface area contributed by atoms with Crippen LogP contribution in [0.15, 0.2) is 0 Å². The first-order valence-corrected chi connectivity index (χ1v) is 5.77. The Morgan fingerprint density at radius 3 is 2.57 bits per heavy atom. The van der Waals surface area contributed by atoms with Crippen LogP contribution in [0.1, 0.15) is 25.7 Å². The molecule has 1 fully saturated rings. The smallest absolute Gasteiger partial charge is 0.0655 e. The van der Waals surface area contributed by atoms with Crippen molar-refractivity contribution in [2.75, 3.05) is 12.4 Å². The van der Waals surface area contributed by atoms with E-state index in [0.29, 0.717) is 18.5 Å². The van der Waals surface area contributed by atoms with Crippen LogP contribution in [0.3, 0.4) is 0 Å². The highest BCUT2D eigenvalue weighted by atomic mass is 32.1. The molecule has 0 aromatic rings. The summed E-state index contributed by atoms with van der Waals surface area (Å²) in [5.74, 6) is 0.904. The number of hydrogen-bond donors (Lipinski definition) is 2. The van der Waals surface area contributed by atoms with Crippen molar-refractivity contribution in [1.82, 2.24) is 0 Å². The van der Waals surface area contributed by atoms with Crippen LogP contribution in [0.25, 0.3) is 0 Å². The summed E-state index contributed by atoms with van der Waals surface area (Å²) in [6, 6.07) is 2.34. The Balaban J connectivity index is 2.13. The quantitative estimate of drug-likeness (QED) is 0.694. The highest BCUT2D eigenvalue weighted by Gasteiger charge is 2.21. The van der Waals surface area contributed by atoms with Gasteiger partial charge in [0.05, 0.1) is 18.8 Å². The molecule has 0 spiro atoms. The lowest BCUT2D eigenvalue weighted by atomic mass is 9.88. The molecule has 1 atom stereocenters. The minimum absolute atomic E-state index is 0.0343. The summed E-state index contributed by atoms with van der Waals surface area (Å²) in [6.07, 6.45) is 4.24. The Bertz CT molecular complexity index is 197. The molecule has 0 bridgehead atoms. The van der Waals surface area contributed by atoms with Gasteiger partial charge in [-0.05, 0) is 25.7 Å². The average Bonchev–Trinajstić information content (AvgIpc) is 2.26. The molecule has 0 aromatic carbocycles. The monoisotopic (exact) mass is 214 g/mol. The van der Waals surface area contributed by atoms with Crippen molar-refractivity contribution >= 4 is 12.6 Å². The number of nitrogens with two attached hydrogens (primary N) is 1. The molecule has 1 aliphatic rings. The van der Waals surface area contributed by atoms with Crippen molar-refractivity contribution in [3.63, 3.8) is 0 Å². The summed E-state index contributed by atoms with van der Waals surface area (Å²) in [6.45, 7) is 0.589. The van der Waals surface area contributed by atoms with Gasteiger partial charge in [-0.3, -0.25) is 0 Å². The zero-order valence-electron chi connectivity index (χ0n) is 8.35. The molecular weight excluding hydrogens is 196 g/mol. The summed E-state index contributed by atoms with van der Waals surface area (Å²) in [7, 11) is 0. The third-order valence-electron chi connectivity index (χ3n) is 2.64. The molecule has 0 heterocycles. The van der Waals surface area contributed by atoms with Crippen LogP contribution in [0.4, 0.5) is 0 Å². The van der Waals surface area contributed by atoms with E-state index >= 15 is 0 Å². The van der Waals surface area contributed by atoms with Crippen LogP contribution in [0.5, 0.6) is 0 Å². The van der Waals surface area contributed by atoms with Crippen molar-refractivity contribution < 1.29 is 4.74 Å². The highest BCUT2D eigenvalue weighted by Crippen LogP contribution is 2.25. The SMILES string of the molecule is N#CC1CCC(OCC(N)CS)CC1. The molecule has 0 aliphatic heterocycles. The Labute approximate surface area is 91.0 Å². The van der Waals surface area contributed by atoms with E-state index in [1.165, 1.54) is 0 Å². The summed E-state index contributed by atoms with van der Waals surface area (Å²) in [5, 5.41) is 8.71. The summed E-state index contributed by atoms with van der Waals surface area (Å²) >= 11 is 4.09. The van der Waals surface area contributed by atoms with Gasteiger partial charge in [-0.25, -0.2) is 0 Å². The van der Waals surface area contributed by atoms with Crippen LogP contribution >= 0.6 is 12.6 Å². The van der Waals surface area contributed by atoms with E-state index in [0.717, 1.165) is 25.7 Å². The van der Waals surface area contributed by atoms with E-state index < -0.39 is 0 Å². The van der Waals surface area contributed by atoms with Gasteiger partial charge in [0.25, 0.3) is 0 Å². The molecule has 4 heteroatoms. The molecule has 1 rings (SSSR count). The van der Waals surface area contributed by atoms with Gasteiger partial charge in [0.2, 0.25) is 0 Å². The van der Waals surface area contributed by atoms with E-state index in [-0.39, 0.29) is 12.0 Å². The minimum Gasteiger partial charge on any atom is -0.377 e. The van der Waals surface area contributed by atoms with E-state index in [1.54, 1.807) is 0 Å². The number of hydrogen-bond acceptors (Lipinski definition) is 4. The zero-order chi connectivity index (χ0) is 10.4. The van der Waals surface area contributed by atoms with Crippen molar-refractivity contribution in [3.05, 3.63) is 0 Å². The molecular formula is C10H18N2OS. The number of nitriles is 1. The summed E-state index contributed by atoms with van der Waals surface area (Å²) < 4.78 is 5.65. The molecule has 0 amide bonds. The molecule has 80 valence electrons. The minimum atomic E-state index is 0.0343. The van der Waals surface area contributed by atoms with Gasteiger partial charge < -0.3 is 10.5 Å². The lowest BCUT2D eigenvalue weighted by Crippen LogP contribution is -2.32. The predicted octanol–water partition coefficient (Wildman–Crippen LogP) is 1.34. The fourth-order valence-corrected chi connectivity index (χ4v) is 1.78. The number of thiol groups is 1. The van der Waals surface area contributed by atoms with Crippen molar-refractivity contribution in [2.24, 2.45) is 11.7 Å². The lowest BCUT2D eigenvalue weighted by Gasteiger charge is -2.25. The second-order valence-corrected chi connectivity index (χ2v) is 4.24. The van der Waals surface area contributed by atoms with E-state index in [1.807, 2.05) is 0 Å². The Hall–Kier alpha value is -0.240. The summed E-state index contributed by atoms with van der Waals surface area (Å²) in [5.41, 5.74) is 5.69. The predicted molar refractivity (Wildman–Crippen MR) is 59.1 cm³/mol. The highest BCUT2D eigenvalue weighted by molar-refractivity contribution is 7.80. The second kappa shape index (κ2) is 6.28. The maximum atomic E-state index is 8.71. The standard InChI is InChI=1S/C10H18N2OS/c11-5-8-1-3-10(4-2-8)13-6-9(12)7-14/h8-10,14H,1-4,6-7,12H2. The Morgan fingerprint density at radius 1 is 1.43 bits per heavy atom. The third-order valence-corrected chi connectivity index (χ3v) is 3.11. The maximum absolute atomic E-state index is 8.71. The summed E-state index contributed by atoms with van der Waals surface area (Å²) in [4.78, 5) is 0. The van der Waals surface area contributed by atoms with Crippen molar-refractivity contribution in [3.8, 4) is 6.07 Å². The van der Waals surface area contributed by atoms with Crippen LogP contribution in [-0.2, 0) is 4.74 Å². The molecule has 0 aromatic heterocycles. The first-order valence-electron chi connectivity index (χ1n) is 5.14. The normalized spacial score (nSPS) is 29.5. The maximum Gasteiger partial charge on any atom is 0.0655 e. The fraction of sp³-hybridized carbons (Fsp3) is 0.900. The molecule has 1 saturated carbocycles. The Morgan fingerprint density at radius 2 is 2.07 bits per heavy atom. The first-order chi connectivity index (χ1) is 6.76. The van der Waals surface area contributed by atoms with Gasteiger partial charge >= 0.3 is 0 Å². The van der Waals surface area contributed by atoms with Gasteiger partial charge in [-0.1, -0.05) is 0 Å². The van der Waals surface area contributed by atoms with Crippen LogP contribution in [0, 0.1) is 17.2 Å². The van der Waals surface area contributed by atoms with Gasteiger partial charge in [0.15, 0.2) is 0 Å². The molecule has 0 radical (unpaired) electrons. The molecule has 0 saturated heterocycles. The van der Waals surface area contributed by atoms with Gasteiger partial charge in [-0.2, -0.15) is 17.9 Å². The lowest BCUT2D eigenvalue weighted by molar-refractivity contribution is 0.0181. The van der Waals surface area contributed by atoms with Crippen molar-refractivity contribution in [2.45, 2.75) is 37.8 Å². The topological polar surface area (TPSA) is 59.0 Å². The average molecular weight is 214 g/mol. The Kier molecular flexibility index (Phi) is 5.31. The van der Waals surface area contributed by atoms with Crippen LogP contribution in [-0.4, -0.2) is 24.5 Å². The second-order valence-electron chi connectivity index (χ2n) is 3.88. The number of nitrogens with zero attached hydrogens (tertiary/aromatic N) is 1. The van der Waals surface area contributed by atoms with Crippen LogP contribution in [0.2, 0.25) is 0 Å². The zero-order valence-corrected chi connectivity index (χ0v) is 9.25. The molecule has 3 nitrogen and oxygen atoms in total. The third kappa shape index (κ3) is 3.87. The van der Waals surface area contributed by atoms with Crippen LogP contribution < -0.4 is 5.73 Å². The molecule has 1 aliphatic carbocycles. The molecule has 14 heavy (non-hydrogen) atoms. The number of ether oxygens (including phenoxy) is 1. The van der Waals surface area contributed by atoms with Gasteiger partial charge in [-0.15, -0.1) is 0 Å². The van der Waals surface area contributed by atoms with E-state index in [9.17, 15) is 0 Å². The van der Waals surface area contributed by atoms with E-state index in [2.05, 4.69) is 18.7 Å². The number of rotatable bonds is 4. The largest absolute Gasteiger partial charge is 0.377 e. The first kappa shape index (κ1) is 11.8. The van der Waals surface area contributed by atoms with Gasteiger partial charge in [0, 0.05) is 17.7 Å². The van der Waals surface area contributed by atoms with Crippen molar-refractivity contribution in [1.29, 1.82) is 5.26 Å². The fourth-order valence-electron chi connectivity index (χ4n) is 1.67.